The Balaban J connectivity index is 2.44. The van der Waals surface area contributed by atoms with E-state index in [4.69, 9.17) is 5.11 Å². The summed E-state index contributed by atoms with van der Waals surface area (Å²) in [6, 6.07) is 2.13. The zero-order valence-electron chi connectivity index (χ0n) is 8.27. The predicted octanol–water partition coefficient (Wildman–Crippen LogP) is 3.23. The van der Waals surface area contributed by atoms with Gasteiger partial charge in [-0.2, -0.15) is 0 Å². The Bertz CT molecular complexity index is 456. The van der Waals surface area contributed by atoms with Crippen LogP contribution in [0, 0.1) is 11.6 Å². The highest BCUT2D eigenvalue weighted by Gasteiger charge is 2.48. The number of hydrogen-bond donors (Lipinski definition) is 1. The second-order valence-corrected chi connectivity index (χ2v) is 4.95. The van der Waals surface area contributed by atoms with Gasteiger partial charge >= 0.3 is 5.97 Å². The van der Waals surface area contributed by atoms with Crippen LogP contribution in [-0.2, 0) is 10.2 Å². The smallest absolute Gasteiger partial charge is 0.304 e. The molecule has 0 radical (unpaired) electrons. The largest absolute Gasteiger partial charge is 0.481 e. The fraction of sp³-hybridized carbons (Fsp3) is 0.364. The van der Waals surface area contributed by atoms with E-state index in [2.05, 4.69) is 15.9 Å². The van der Waals surface area contributed by atoms with Gasteiger partial charge in [-0.05, 0) is 46.5 Å². The number of hydrogen-bond acceptors (Lipinski definition) is 1. The molecule has 2 rings (SSSR count). The molecule has 0 heterocycles. The summed E-state index contributed by atoms with van der Waals surface area (Å²) in [7, 11) is 0. The lowest BCUT2D eigenvalue weighted by Gasteiger charge is -2.15. The summed E-state index contributed by atoms with van der Waals surface area (Å²) in [6.07, 6.45) is 1.03. The van der Waals surface area contributed by atoms with Crippen molar-refractivity contribution in [2.24, 2.45) is 0 Å². The maximum atomic E-state index is 13.8. The van der Waals surface area contributed by atoms with E-state index < -0.39 is 23.0 Å². The molecule has 0 atom stereocenters. The van der Waals surface area contributed by atoms with Gasteiger partial charge in [-0.15, -0.1) is 0 Å². The first-order chi connectivity index (χ1) is 7.44. The van der Waals surface area contributed by atoms with Gasteiger partial charge in [-0.3, -0.25) is 4.79 Å². The van der Waals surface area contributed by atoms with Crippen LogP contribution in [0.25, 0.3) is 0 Å². The third-order valence-electron chi connectivity index (χ3n) is 2.91. The summed E-state index contributed by atoms with van der Waals surface area (Å²) in [5.74, 6) is -2.10. The second kappa shape index (κ2) is 3.80. The van der Waals surface area contributed by atoms with E-state index in [1.54, 1.807) is 0 Å². The number of carboxylic acid groups (broad SMARTS) is 1. The molecule has 5 heteroatoms. The molecule has 1 aromatic carbocycles. The Kier molecular flexibility index (Phi) is 2.74. The van der Waals surface area contributed by atoms with Crippen molar-refractivity contribution in [3.63, 3.8) is 0 Å². The second-order valence-electron chi connectivity index (χ2n) is 4.10. The van der Waals surface area contributed by atoms with E-state index in [0.29, 0.717) is 12.8 Å². The van der Waals surface area contributed by atoms with E-state index in [-0.39, 0.29) is 16.5 Å². The number of carbonyl (C=O) groups is 1. The Labute approximate surface area is 99.4 Å². The highest BCUT2D eigenvalue weighted by Crippen LogP contribution is 2.52. The van der Waals surface area contributed by atoms with Gasteiger partial charge in [0.15, 0.2) is 0 Å². The molecule has 0 bridgehead atoms. The molecule has 0 saturated heterocycles. The minimum absolute atomic E-state index is 0.0409. The zero-order chi connectivity index (χ0) is 11.9. The number of benzene rings is 1. The van der Waals surface area contributed by atoms with Gasteiger partial charge in [-0.25, -0.2) is 8.78 Å². The van der Waals surface area contributed by atoms with Crippen LogP contribution < -0.4 is 0 Å². The molecule has 86 valence electrons. The van der Waals surface area contributed by atoms with Gasteiger partial charge in [-0.1, -0.05) is 0 Å². The van der Waals surface area contributed by atoms with Crippen LogP contribution in [-0.4, -0.2) is 11.1 Å². The summed E-state index contributed by atoms with van der Waals surface area (Å²) >= 11 is 2.92. The maximum Gasteiger partial charge on any atom is 0.304 e. The molecule has 16 heavy (non-hydrogen) atoms. The Morgan fingerprint density at radius 3 is 2.56 bits per heavy atom. The van der Waals surface area contributed by atoms with E-state index in [9.17, 15) is 13.6 Å². The number of carboxylic acids is 1. The molecule has 1 aliphatic carbocycles. The Hall–Kier alpha value is -0.970. The predicted molar refractivity (Wildman–Crippen MR) is 57.2 cm³/mol. The number of halogens is 3. The first-order valence-corrected chi connectivity index (χ1v) is 5.61. The van der Waals surface area contributed by atoms with Crippen LogP contribution in [0.2, 0.25) is 0 Å². The first kappa shape index (κ1) is 11.5. The monoisotopic (exact) mass is 290 g/mol. The van der Waals surface area contributed by atoms with Gasteiger partial charge in [0.25, 0.3) is 0 Å². The van der Waals surface area contributed by atoms with Crippen molar-refractivity contribution < 1.29 is 18.7 Å². The van der Waals surface area contributed by atoms with Crippen molar-refractivity contribution in [1.29, 1.82) is 0 Å². The number of rotatable bonds is 3. The van der Waals surface area contributed by atoms with Crippen molar-refractivity contribution in [1.82, 2.24) is 0 Å². The van der Waals surface area contributed by atoms with Crippen LogP contribution >= 0.6 is 15.9 Å². The SMILES string of the molecule is O=C(O)CC1(c2cc(F)cc(Br)c2F)CC1. The fourth-order valence-corrected chi connectivity index (χ4v) is 2.36. The van der Waals surface area contributed by atoms with E-state index in [1.807, 2.05) is 0 Å². The van der Waals surface area contributed by atoms with E-state index >= 15 is 0 Å². The van der Waals surface area contributed by atoms with Gasteiger partial charge in [0.2, 0.25) is 0 Å². The van der Waals surface area contributed by atoms with E-state index in [1.165, 1.54) is 0 Å². The summed E-state index contributed by atoms with van der Waals surface area (Å²) in [6.45, 7) is 0. The standard InChI is InChI=1S/C11H9BrF2O2/c12-8-4-6(13)3-7(10(8)14)11(1-2-11)5-9(15)16/h3-4H,1-2,5H2,(H,15,16). The van der Waals surface area contributed by atoms with Crippen LogP contribution in [0.1, 0.15) is 24.8 Å². The summed E-state index contributed by atoms with van der Waals surface area (Å²) in [4.78, 5) is 10.7. The quantitative estimate of drug-likeness (QED) is 0.868. The molecule has 1 saturated carbocycles. The minimum atomic E-state index is -0.989. The molecule has 1 aromatic rings. The highest BCUT2D eigenvalue weighted by atomic mass is 79.9. The fourth-order valence-electron chi connectivity index (χ4n) is 1.92. The van der Waals surface area contributed by atoms with Gasteiger partial charge in [0, 0.05) is 5.41 Å². The van der Waals surface area contributed by atoms with Crippen molar-refractivity contribution in [2.45, 2.75) is 24.7 Å². The molecule has 1 fully saturated rings. The lowest BCUT2D eigenvalue weighted by molar-refractivity contribution is -0.137. The van der Waals surface area contributed by atoms with Gasteiger partial charge in [0.1, 0.15) is 11.6 Å². The van der Waals surface area contributed by atoms with Crippen molar-refractivity contribution in [2.75, 3.05) is 0 Å². The summed E-state index contributed by atoms with van der Waals surface area (Å²) in [5.41, 5.74) is -0.539. The van der Waals surface area contributed by atoms with Crippen molar-refractivity contribution in [3.8, 4) is 0 Å². The average Bonchev–Trinajstić information content (AvgIpc) is 2.91. The zero-order valence-corrected chi connectivity index (χ0v) is 9.85. The van der Waals surface area contributed by atoms with Crippen molar-refractivity contribution in [3.05, 3.63) is 33.8 Å². The highest BCUT2D eigenvalue weighted by molar-refractivity contribution is 9.10. The first-order valence-electron chi connectivity index (χ1n) is 4.81. The third-order valence-corrected chi connectivity index (χ3v) is 3.48. The molecule has 0 spiro atoms. The normalized spacial score (nSPS) is 17.2. The van der Waals surface area contributed by atoms with Crippen molar-refractivity contribution >= 4 is 21.9 Å². The molecule has 0 aliphatic heterocycles. The molecule has 2 nitrogen and oxygen atoms in total. The molecule has 0 aromatic heterocycles. The molecule has 1 aliphatic rings. The molecule has 1 N–H and O–H groups in total. The number of aliphatic carboxylic acids is 1. The Morgan fingerprint density at radius 1 is 1.44 bits per heavy atom. The van der Waals surface area contributed by atoms with Gasteiger partial charge in [0.05, 0.1) is 10.9 Å². The van der Waals surface area contributed by atoms with Crippen LogP contribution in [0.5, 0.6) is 0 Å². The van der Waals surface area contributed by atoms with Gasteiger partial charge < -0.3 is 5.11 Å². The summed E-state index contributed by atoms with van der Waals surface area (Å²) in [5, 5.41) is 8.75. The Morgan fingerprint density at radius 2 is 2.06 bits per heavy atom. The lowest BCUT2D eigenvalue weighted by Crippen LogP contribution is -2.15. The topological polar surface area (TPSA) is 37.3 Å². The maximum absolute atomic E-state index is 13.8. The minimum Gasteiger partial charge on any atom is -0.481 e. The average molecular weight is 291 g/mol. The molecular formula is C11H9BrF2O2. The lowest BCUT2D eigenvalue weighted by atomic mass is 9.92. The third kappa shape index (κ3) is 1.96. The molecule has 0 unspecified atom stereocenters. The molecule has 0 amide bonds. The van der Waals surface area contributed by atoms with Crippen LogP contribution in [0.3, 0.4) is 0 Å². The van der Waals surface area contributed by atoms with Crippen LogP contribution in [0.15, 0.2) is 16.6 Å². The summed E-state index contributed by atoms with van der Waals surface area (Å²) < 4.78 is 27.0. The molecular weight excluding hydrogens is 282 g/mol. The van der Waals surface area contributed by atoms with Crippen LogP contribution in [0.4, 0.5) is 8.78 Å². The van der Waals surface area contributed by atoms with E-state index in [0.717, 1.165) is 12.1 Å².